The molecule has 1 aliphatic heterocycles. The molecule has 1 aromatic carbocycles. The maximum atomic E-state index is 12.9. The first-order chi connectivity index (χ1) is 12.7. The van der Waals surface area contributed by atoms with E-state index in [1.54, 1.807) is 24.9 Å². The van der Waals surface area contributed by atoms with E-state index in [1.165, 1.54) is 6.33 Å². The Labute approximate surface area is 159 Å². The van der Waals surface area contributed by atoms with Crippen LogP contribution in [0.2, 0.25) is 0 Å². The van der Waals surface area contributed by atoms with E-state index >= 15 is 0 Å². The highest BCUT2D eigenvalue weighted by molar-refractivity contribution is 7.89. The highest BCUT2D eigenvalue weighted by Crippen LogP contribution is 2.26. The minimum atomic E-state index is -3.78. The van der Waals surface area contributed by atoms with Crippen molar-refractivity contribution in [3.05, 3.63) is 52.1 Å². The fourth-order valence-electron chi connectivity index (χ4n) is 3.40. The van der Waals surface area contributed by atoms with E-state index in [0.717, 1.165) is 22.4 Å². The summed E-state index contributed by atoms with van der Waals surface area (Å²) in [6.07, 6.45) is 3.85. The summed E-state index contributed by atoms with van der Waals surface area (Å²) in [5, 5.41) is 0. The lowest BCUT2D eigenvalue weighted by atomic mass is 10.0. The zero-order valence-corrected chi connectivity index (χ0v) is 16.9. The molecule has 0 fully saturated rings. The van der Waals surface area contributed by atoms with Gasteiger partial charge in [-0.3, -0.25) is 4.79 Å². The summed E-state index contributed by atoms with van der Waals surface area (Å²) in [4.78, 5) is 22.7. The molecule has 1 aliphatic rings. The molecule has 0 bridgehead atoms. The Balaban J connectivity index is 1.74. The number of sulfonamides is 1. The van der Waals surface area contributed by atoms with E-state index in [2.05, 4.69) is 14.7 Å². The van der Waals surface area contributed by atoms with Crippen molar-refractivity contribution in [2.45, 2.75) is 45.6 Å². The van der Waals surface area contributed by atoms with Crippen LogP contribution in [0.4, 0.5) is 0 Å². The van der Waals surface area contributed by atoms with E-state index in [0.29, 0.717) is 30.6 Å². The predicted octanol–water partition coefficient (Wildman–Crippen LogP) is 1.57. The van der Waals surface area contributed by atoms with Crippen LogP contribution in [-0.4, -0.2) is 42.3 Å². The fourth-order valence-corrected chi connectivity index (χ4v) is 4.99. The standard InChI is InChI=1S/C19H24N4O3S/c1-12-7-13(2)15(4)19(14(12)3)27(25,26)22-9-18(24)23-6-5-17-16(10-23)8-20-11-21-17/h7-8,11,22H,5-6,9-10H2,1-4H3. The first-order valence-electron chi connectivity index (χ1n) is 8.83. The maximum Gasteiger partial charge on any atom is 0.241 e. The molecule has 2 heterocycles. The van der Waals surface area contributed by atoms with E-state index < -0.39 is 10.0 Å². The van der Waals surface area contributed by atoms with Gasteiger partial charge in [0.15, 0.2) is 0 Å². The molecule has 27 heavy (non-hydrogen) atoms. The number of carbonyl (C=O) groups is 1. The molecule has 0 aliphatic carbocycles. The number of benzene rings is 1. The van der Waals surface area contributed by atoms with Crippen LogP contribution in [0.15, 0.2) is 23.5 Å². The SMILES string of the molecule is Cc1cc(C)c(C)c(S(=O)(=O)NCC(=O)N2CCc3ncncc3C2)c1C. The van der Waals surface area contributed by atoms with Crippen LogP contribution in [-0.2, 0) is 27.8 Å². The topological polar surface area (TPSA) is 92.3 Å². The zero-order chi connectivity index (χ0) is 19.8. The smallest absolute Gasteiger partial charge is 0.241 e. The molecule has 3 rings (SSSR count). The Morgan fingerprint density at radius 1 is 1.19 bits per heavy atom. The fraction of sp³-hybridized carbons (Fsp3) is 0.421. The predicted molar refractivity (Wildman–Crippen MR) is 102 cm³/mol. The number of hydrogen-bond acceptors (Lipinski definition) is 5. The summed E-state index contributed by atoms with van der Waals surface area (Å²) in [5.74, 6) is -0.257. The summed E-state index contributed by atoms with van der Waals surface area (Å²) in [6.45, 7) is 8.01. The molecule has 0 atom stereocenters. The lowest BCUT2D eigenvalue weighted by Gasteiger charge is -2.28. The van der Waals surface area contributed by atoms with Crippen LogP contribution >= 0.6 is 0 Å². The van der Waals surface area contributed by atoms with Gasteiger partial charge in [0.25, 0.3) is 0 Å². The Morgan fingerprint density at radius 2 is 1.85 bits per heavy atom. The molecule has 2 aromatic rings. The molecule has 144 valence electrons. The second kappa shape index (κ2) is 7.36. The highest BCUT2D eigenvalue weighted by atomic mass is 32.2. The number of aromatic nitrogens is 2. The molecule has 8 heteroatoms. The van der Waals surface area contributed by atoms with Gasteiger partial charge in [0, 0.05) is 31.3 Å². The minimum absolute atomic E-state index is 0.257. The van der Waals surface area contributed by atoms with Gasteiger partial charge in [-0.2, -0.15) is 0 Å². The van der Waals surface area contributed by atoms with Gasteiger partial charge in [0.2, 0.25) is 15.9 Å². The van der Waals surface area contributed by atoms with Crippen LogP contribution in [0.3, 0.4) is 0 Å². The Bertz CT molecular complexity index is 976. The lowest BCUT2D eigenvalue weighted by Crippen LogP contribution is -2.43. The van der Waals surface area contributed by atoms with Gasteiger partial charge in [-0.05, 0) is 49.9 Å². The number of carbonyl (C=O) groups excluding carboxylic acids is 1. The normalized spacial score (nSPS) is 14.1. The number of aryl methyl sites for hydroxylation is 2. The van der Waals surface area contributed by atoms with Crippen molar-refractivity contribution in [1.82, 2.24) is 19.6 Å². The van der Waals surface area contributed by atoms with Gasteiger partial charge < -0.3 is 4.90 Å². The molecule has 0 saturated carbocycles. The minimum Gasteiger partial charge on any atom is -0.337 e. The molecule has 1 N–H and O–H groups in total. The largest absolute Gasteiger partial charge is 0.337 e. The zero-order valence-electron chi connectivity index (χ0n) is 16.0. The number of amides is 1. The van der Waals surface area contributed by atoms with Crippen molar-refractivity contribution in [2.24, 2.45) is 0 Å². The average Bonchev–Trinajstić information content (AvgIpc) is 2.64. The molecular formula is C19H24N4O3S. The first kappa shape index (κ1) is 19.4. The highest BCUT2D eigenvalue weighted by Gasteiger charge is 2.26. The van der Waals surface area contributed by atoms with Crippen molar-refractivity contribution in [3.8, 4) is 0 Å². The summed E-state index contributed by atoms with van der Waals surface area (Å²) in [6, 6.07) is 1.97. The lowest BCUT2D eigenvalue weighted by molar-refractivity contribution is -0.130. The third-order valence-corrected chi connectivity index (χ3v) is 6.87. The molecule has 0 spiro atoms. The number of rotatable bonds is 4. The number of nitrogens with one attached hydrogen (secondary N) is 1. The number of nitrogens with zero attached hydrogens (tertiary/aromatic N) is 3. The second-order valence-corrected chi connectivity index (χ2v) is 8.68. The summed E-state index contributed by atoms with van der Waals surface area (Å²) >= 11 is 0. The summed E-state index contributed by atoms with van der Waals surface area (Å²) in [7, 11) is -3.78. The summed E-state index contributed by atoms with van der Waals surface area (Å²) in [5.41, 5.74) is 5.09. The van der Waals surface area contributed by atoms with E-state index in [1.807, 2.05) is 19.9 Å². The van der Waals surface area contributed by atoms with Crippen molar-refractivity contribution in [2.75, 3.05) is 13.1 Å². The van der Waals surface area contributed by atoms with E-state index in [4.69, 9.17) is 0 Å². The van der Waals surface area contributed by atoms with Crippen molar-refractivity contribution in [1.29, 1.82) is 0 Å². The van der Waals surface area contributed by atoms with Crippen LogP contribution < -0.4 is 4.72 Å². The van der Waals surface area contributed by atoms with Crippen LogP contribution in [0, 0.1) is 27.7 Å². The Hall–Kier alpha value is -2.32. The van der Waals surface area contributed by atoms with E-state index in [-0.39, 0.29) is 17.3 Å². The molecular weight excluding hydrogens is 364 g/mol. The molecule has 0 saturated heterocycles. The van der Waals surface area contributed by atoms with Gasteiger partial charge in [0.1, 0.15) is 6.33 Å². The van der Waals surface area contributed by atoms with Crippen molar-refractivity contribution in [3.63, 3.8) is 0 Å². The van der Waals surface area contributed by atoms with Gasteiger partial charge >= 0.3 is 0 Å². The molecule has 7 nitrogen and oxygen atoms in total. The first-order valence-corrected chi connectivity index (χ1v) is 10.3. The van der Waals surface area contributed by atoms with Gasteiger partial charge in [-0.1, -0.05) is 6.07 Å². The van der Waals surface area contributed by atoms with Gasteiger partial charge in [-0.15, -0.1) is 0 Å². The number of fused-ring (bicyclic) bond motifs is 1. The van der Waals surface area contributed by atoms with Crippen molar-refractivity contribution >= 4 is 15.9 Å². The summed E-state index contributed by atoms with van der Waals surface area (Å²) < 4.78 is 28.2. The molecule has 0 radical (unpaired) electrons. The molecule has 0 unspecified atom stereocenters. The Morgan fingerprint density at radius 3 is 2.52 bits per heavy atom. The van der Waals surface area contributed by atoms with Gasteiger partial charge in [-0.25, -0.2) is 23.1 Å². The maximum absolute atomic E-state index is 12.9. The van der Waals surface area contributed by atoms with Crippen molar-refractivity contribution < 1.29 is 13.2 Å². The molecule has 1 amide bonds. The monoisotopic (exact) mass is 388 g/mol. The average molecular weight is 388 g/mol. The van der Waals surface area contributed by atoms with Gasteiger partial charge in [0.05, 0.1) is 17.1 Å². The van der Waals surface area contributed by atoms with Crippen LogP contribution in [0.25, 0.3) is 0 Å². The Kier molecular flexibility index (Phi) is 5.30. The van der Waals surface area contributed by atoms with E-state index in [9.17, 15) is 13.2 Å². The van der Waals surface area contributed by atoms with Crippen LogP contribution in [0.5, 0.6) is 0 Å². The quantitative estimate of drug-likeness (QED) is 0.858. The molecule has 1 aromatic heterocycles. The number of hydrogen-bond donors (Lipinski definition) is 1. The second-order valence-electron chi connectivity index (χ2n) is 6.97. The third kappa shape index (κ3) is 3.86. The third-order valence-electron chi connectivity index (χ3n) is 5.19. The van der Waals surface area contributed by atoms with Crippen LogP contribution in [0.1, 0.15) is 33.5 Å².